The zero-order chi connectivity index (χ0) is 13.9. The molecule has 0 bridgehead atoms. The number of fused-ring (bicyclic) bond motifs is 1. The van der Waals surface area contributed by atoms with Crippen LogP contribution in [-0.2, 0) is 0 Å². The van der Waals surface area contributed by atoms with E-state index in [1.54, 1.807) is 11.3 Å². The number of nitrogens with one attached hydrogen (secondary N) is 1. The first kappa shape index (κ1) is 14.3. The van der Waals surface area contributed by atoms with Crippen LogP contribution in [0.1, 0.15) is 30.5 Å². The van der Waals surface area contributed by atoms with Gasteiger partial charge in [-0.15, -0.1) is 11.3 Å². The van der Waals surface area contributed by atoms with Gasteiger partial charge in [0.25, 0.3) is 0 Å². The fourth-order valence-corrected chi connectivity index (χ4v) is 4.93. The number of halogens is 1. The second-order valence-corrected chi connectivity index (χ2v) is 7.26. The molecule has 20 heavy (non-hydrogen) atoms. The fraction of sp³-hybridized carbons (Fsp3) is 0.250. The molecule has 2 aromatic heterocycles. The summed E-state index contributed by atoms with van der Waals surface area (Å²) in [6.45, 7) is 3.23. The molecule has 0 amide bonds. The predicted octanol–water partition coefficient (Wildman–Crippen LogP) is 5.81. The largest absolute Gasteiger partial charge is 0.306 e. The fourth-order valence-electron chi connectivity index (χ4n) is 2.40. The number of rotatable bonds is 5. The van der Waals surface area contributed by atoms with Gasteiger partial charge in [0.1, 0.15) is 0 Å². The van der Waals surface area contributed by atoms with Gasteiger partial charge in [-0.1, -0.05) is 25.1 Å². The molecule has 1 nitrogen and oxygen atoms in total. The monoisotopic (exact) mass is 365 g/mol. The molecule has 4 heteroatoms. The van der Waals surface area contributed by atoms with Gasteiger partial charge in [-0.2, -0.15) is 11.3 Å². The van der Waals surface area contributed by atoms with Crippen molar-refractivity contribution in [3.05, 3.63) is 56.0 Å². The molecule has 3 rings (SSSR count). The van der Waals surface area contributed by atoms with Crippen LogP contribution in [0.4, 0.5) is 0 Å². The Kier molecular flexibility index (Phi) is 4.56. The van der Waals surface area contributed by atoms with Crippen molar-refractivity contribution >= 4 is 48.7 Å². The van der Waals surface area contributed by atoms with E-state index in [2.05, 4.69) is 68.6 Å². The lowest BCUT2D eigenvalue weighted by atomic mass is 10.0. The Morgan fingerprint density at radius 2 is 2.00 bits per heavy atom. The number of hydrogen-bond acceptors (Lipinski definition) is 3. The summed E-state index contributed by atoms with van der Waals surface area (Å²) in [6.07, 6.45) is 1.14. The molecule has 1 atom stereocenters. The molecule has 0 fully saturated rings. The molecule has 3 aromatic rings. The predicted molar refractivity (Wildman–Crippen MR) is 94.0 cm³/mol. The van der Waals surface area contributed by atoms with Crippen LogP contribution in [0.2, 0.25) is 0 Å². The third kappa shape index (κ3) is 2.70. The standard InChI is InChI=1S/C16H16BrNS2/c1-2-7-18-16(13-8-19-10-14(13)17)12-9-20-15-6-4-3-5-11(12)15/h3-6,8-10,16,18H,2,7H2,1H3. The van der Waals surface area contributed by atoms with Crippen molar-refractivity contribution in [3.63, 3.8) is 0 Å². The van der Waals surface area contributed by atoms with Crippen LogP contribution < -0.4 is 5.32 Å². The summed E-state index contributed by atoms with van der Waals surface area (Å²) in [5.41, 5.74) is 2.73. The molecule has 104 valence electrons. The Morgan fingerprint density at radius 3 is 2.75 bits per heavy atom. The maximum absolute atomic E-state index is 3.69. The van der Waals surface area contributed by atoms with Gasteiger partial charge in [0, 0.05) is 14.6 Å². The quantitative estimate of drug-likeness (QED) is 0.600. The van der Waals surface area contributed by atoms with Gasteiger partial charge in [0.15, 0.2) is 0 Å². The van der Waals surface area contributed by atoms with E-state index in [9.17, 15) is 0 Å². The molecule has 0 aliphatic rings. The Morgan fingerprint density at radius 1 is 1.15 bits per heavy atom. The van der Waals surface area contributed by atoms with Crippen LogP contribution in [0.3, 0.4) is 0 Å². The van der Waals surface area contributed by atoms with E-state index in [4.69, 9.17) is 0 Å². The normalized spacial score (nSPS) is 12.9. The smallest absolute Gasteiger partial charge is 0.0610 e. The summed E-state index contributed by atoms with van der Waals surface area (Å²) in [7, 11) is 0. The average Bonchev–Trinajstić information content (AvgIpc) is 3.07. The van der Waals surface area contributed by atoms with Crippen molar-refractivity contribution < 1.29 is 0 Å². The van der Waals surface area contributed by atoms with Crippen LogP contribution in [0.25, 0.3) is 10.1 Å². The van der Waals surface area contributed by atoms with Gasteiger partial charge in [0.05, 0.1) is 6.04 Å². The lowest BCUT2D eigenvalue weighted by Gasteiger charge is -2.18. The first-order valence-electron chi connectivity index (χ1n) is 6.72. The van der Waals surface area contributed by atoms with Crippen molar-refractivity contribution in [1.82, 2.24) is 5.32 Å². The molecule has 0 radical (unpaired) electrons. The lowest BCUT2D eigenvalue weighted by Crippen LogP contribution is -2.22. The highest BCUT2D eigenvalue weighted by molar-refractivity contribution is 9.10. The van der Waals surface area contributed by atoms with Crippen molar-refractivity contribution in [1.29, 1.82) is 0 Å². The minimum absolute atomic E-state index is 0.270. The Balaban J connectivity index is 2.07. The number of hydrogen-bond donors (Lipinski definition) is 1. The molecule has 1 N–H and O–H groups in total. The molecular weight excluding hydrogens is 350 g/mol. The van der Waals surface area contributed by atoms with Gasteiger partial charge in [-0.25, -0.2) is 0 Å². The first-order chi connectivity index (χ1) is 9.81. The maximum Gasteiger partial charge on any atom is 0.0610 e. The third-order valence-corrected chi connectivity index (χ3v) is 6.11. The van der Waals surface area contributed by atoms with Crippen molar-refractivity contribution in [2.75, 3.05) is 6.54 Å². The summed E-state index contributed by atoms with van der Waals surface area (Å²) in [5, 5.41) is 11.7. The second kappa shape index (κ2) is 6.39. The highest BCUT2D eigenvalue weighted by Crippen LogP contribution is 2.37. The van der Waals surface area contributed by atoms with E-state index >= 15 is 0 Å². The van der Waals surface area contributed by atoms with Gasteiger partial charge in [-0.05, 0) is 62.2 Å². The molecule has 1 unspecified atom stereocenters. The molecule has 0 spiro atoms. The first-order valence-corrected chi connectivity index (χ1v) is 9.34. The minimum atomic E-state index is 0.270. The SMILES string of the molecule is CCCNC(c1cscc1Br)c1csc2ccccc12. The highest BCUT2D eigenvalue weighted by atomic mass is 79.9. The van der Waals surface area contributed by atoms with Crippen molar-refractivity contribution in [2.45, 2.75) is 19.4 Å². The Labute approximate surface area is 135 Å². The Bertz CT molecular complexity index is 701. The van der Waals surface area contributed by atoms with Crippen LogP contribution >= 0.6 is 38.6 Å². The summed E-state index contributed by atoms with van der Waals surface area (Å²) in [4.78, 5) is 0. The number of benzene rings is 1. The summed E-state index contributed by atoms with van der Waals surface area (Å²) in [5.74, 6) is 0. The lowest BCUT2D eigenvalue weighted by molar-refractivity contribution is 0.602. The van der Waals surface area contributed by atoms with Crippen LogP contribution in [0, 0.1) is 0 Å². The van der Waals surface area contributed by atoms with Gasteiger partial charge >= 0.3 is 0 Å². The average molecular weight is 366 g/mol. The zero-order valence-corrected chi connectivity index (χ0v) is 14.4. The van der Waals surface area contributed by atoms with E-state index in [1.807, 2.05) is 11.3 Å². The van der Waals surface area contributed by atoms with E-state index < -0.39 is 0 Å². The van der Waals surface area contributed by atoms with Gasteiger partial charge < -0.3 is 5.32 Å². The van der Waals surface area contributed by atoms with E-state index in [0.29, 0.717) is 0 Å². The molecule has 0 saturated heterocycles. The molecular formula is C16H16BrNS2. The zero-order valence-electron chi connectivity index (χ0n) is 11.2. The number of thiophene rings is 2. The van der Waals surface area contributed by atoms with Crippen molar-refractivity contribution in [3.8, 4) is 0 Å². The van der Waals surface area contributed by atoms with Crippen LogP contribution in [0.15, 0.2) is 44.9 Å². The minimum Gasteiger partial charge on any atom is -0.306 e. The molecule has 1 aromatic carbocycles. The third-order valence-electron chi connectivity index (χ3n) is 3.37. The van der Waals surface area contributed by atoms with Gasteiger partial charge in [0.2, 0.25) is 0 Å². The topological polar surface area (TPSA) is 12.0 Å². The summed E-state index contributed by atoms with van der Waals surface area (Å²) in [6, 6.07) is 8.92. The Hall–Kier alpha value is -0.680. The highest BCUT2D eigenvalue weighted by Gasteiger charge is 2.20. The molecule has 0 aliphatic carbocycles. The van der Waals surface area contributed by atoms with Crippen LogP contribution in [0.5, 0.6) is 0 Å². The van der Waals surface area contributed by atoms with E-state index in [0.717, 1.165) is 13.0 Å². The molecule has 0 aliphatic heterocycles. The maximum atomic E-state index is 3.69. The van der Waals surface area contributed by atoms with E-state index in [-0.39, 0.29) is 6.04 Å². The van der Waals surface area contributed by atoms with Gasteiger partial charge in [-0.3, -0.25) is 0 Å². The van der Waals surface area contributed by atoms with Crippen molar-refractivity contribution in [2.24, 2.45) is 0 Å². The molecule has 0 saturated carbocycles. The second-order valence-electron chi connectivity index (χ2n) is 4.75. The summed E-state index contributed by atoms with van der Waals surface area (Å²) >= 11 is 7.26. The van der Waals surface area contributed by atoms with E-state index in [1.165, 1.54) is 25.7 Å². The molecule has 2 heterocycles. The summed E-state index contributed by atoms with van der Waals surface area (Å²) < 4.78 is 2.56. The van der Waals surface area contributed by atoms with Crippen LogP contribution in [-0.4, -0.2) is 6.54 Å².